The molecule has 1 aromatic carbocycles. The standard InChI is InChI=1S/C22H23ClF3N7O/c1-31(2)10-13-4-5-16-15(8-13)17-18(33(16)12-22(24,25)26)19(23)30-20(29-17)21(34)27-7-6-14-9-28-32(3)11-14/h4-5,8-9,11H,6-7,10,12H2,1-3H3,(H,27,34). The third-order valence-electron chi connectivity index (χ3n) is 5.22. The largest absolute Gasteiger partial charge is 0.406 e. The van der Waals surface area contributed by atoms with Crippen LogP contribution in [0.15, 0.2) is 30.6 Å². The maximum Gasteiger partial charge on any atom is 0.406 e. The zero-order valence-electron chi connectivity index (χ0n) is 18.8. The molecule has 34 heavy (non-hydrogen) atoms. The molecule has 0 aliphatic rings. The fourth-order valence-corrected chi connectivity index (χ4v) is 4.16. The molecule has 0 atom stereocenters. The van der Waals surface area contributed by atoms with E-state index >= 15 is 0 Å². The van der Waals surface area contributed by atoms with Crippen molar-refractivity contribution in [2.24, 2.45) is 7.05 Å². The quantitative estimate of drug-likeness (QED) is 0.398. The first-order valence-corrected chi connectivity index (χ1v) is 10.8. The van der Waals surface area contributed by atoms with Crippen LogP contribution >= 0.6 is 11.6 Å². The van der Waals surface area contributed by atoms with E-state index in [0.29, 0.717) is 30.4 Å². The lowest BCUT2D eigenvalue weighted by atomic mass is 10.1. The van der Waals surface area contributed by atoms with Crippen LogP contribution in [-0.2, 0) is 26.6 Å². The molecule has 0 fully saturated rings. The van der Waals surface area contributed by atoms with Crippen LogP contribution in [0.3, 0.4) is 0 Å². The first kappa shape index (κ1) is 24.0. The molecule has 3 aromatic heterocycles. The number of rotatable bonds is 7. The smallest absolute Gasteiger partial charge is 0.349 e. The summed E-state index contributed by atoms with van der Waals surface area (Å²) in [5, 5.41) is 7.07. The van der Waals surface area contributed by atoms with Crippen LogP contribution in [-0.4, -0.2) is 61.9 Å². The maximum absolute atomic E-state index is 13.4. The van der Waals surface area contributed by atoms with Gasteiger partial charge in [0.05, 0.1) is 11.7 Å². The minimum absolute atomic E-state index is 0.0444. The van der Waals surface area contributed by atoms with Gasteiger partial charge in [0.2, 0.25) is 5.82 Å². The van der Waals surface area contributed by atoms with E-state index in [9.17, 15) is 18.0 Å². The molecule has 180 valence electrons. The van der Waals surface area contributed by atoms with Gasteiger partial charge in [0.15, 0.2) is 5.15 Å². The Morgan fingerprint density at radius 3 is 2.62 bits per heavy atom. The predicted molar refractivity (Wildman–Crippen MR) is 123 cm³/mol. The van der Waals surface area contributed by atoms with Crippen LogP contribution in [0, 0.1) is 0 Å². The number of alkyl halides is 3. The summed E-state index contributed by atoms with van der Waals surface area (Å²) in [6.45, 7) is -0.353. The van der Waals surface area contributed by atoms with Gasteiger partial charge in [0, 0.05) is 31.7 Å². The van der Waals surface area contributed by atoms with Crippen LogP contribution in [0.2, 0.25) is 5.15 Å². The predicted octanol–water partition coefficient (Wildman–Crippen LogP) is 3.57. The first-order valence-electron chi connectivity index (χ1n) is 10.5. The minimum atomic E-state index is -4.48. The number of nitrogens with zero attached hydrogens (tertiary/aromatic N) is 6. The number of nitrogens with one attached hydrogen (secondary N) is 1. The average Bonchev–Trinajstić information content (AvgIpc) is 3.28. The molecule has 12 heteroatoms. The Morgan fingerprint density at radius 1 is 1.21 bits per heavy atom. The Balaban J connectivity index is 1.73. The van der Waals surface area contributed by atoms with Gasteiger partial charge in [0.25, 0.3) is 5.91 Å². The van der Waals surface area contributed by atoms with Crippen molar-refractivity contribution in [3.63, 3.8) is 0 Å². The molecular formula is C22H23ClF3N7O. The van der Waals surface area contributed by atoms with Gasteiger partial charge in [-0.25, -0.2) is 9.97 Å². The highest BCUT2D eigenvalue weighted by Gasteiger charge is 2.31. The Bertz CT molecular complexity index is 1360. The number of hydrogen-bond donors (Lipinski definition) is 1. The molecule has 1 amide bonds. The molecule has 0 aliphatic heterocycles. The SMILES string of the molecule is CN(C)Cc1ccc2c(c1)c1nc(C(=O)NCCc3cnn(C)c3)nc(Cl)c1n2CC(F)(F)F. The molecule has 1 N–H and O–H groups in total. The van der Waals surface area contributed by atoms with E-state index in [1.807, 2.05) is 25.2 Å². The summed E-state index contributed by atoms with van der Waals surface area (Å²) < 4.78 is 42.8. The first-order chi connectivity index (χ1) is 16.0. The van der Waals surface area contributed by atoms with Gasteiger partial charge in [-0.1, -0.05) is 17.7 Å². The lowest BCUT2D eigenvalue weighted by molar-refractivity contribution is -0.139. The molecule has 4 aromatic rings. The van der Waals surface area contributed by atoms with Crippen molar-refractivity contribution in [1.82, 2.24) is 34.5 Å². The van der Waals surface area contributed by atoms with E-state index in [0.717, 1.165) is 15.7 Å². The van der Waals surface area contributed by atoms with E-state index in [1.165, 1.54) is 0 Å². The molecular weight excluding hydrogens is 471 g/mol. The second-order valence-corrected chi connectivity index (χ2v) is 8.71. The van der Waals surface area contributed by atoms with Gasteiger partial charge < -0.3 is 14.8 Å². The second kappa shape index (κ2) is 9.22. The summed E-state index contributed by atoms with van der Waals surface area (Å²) >= 11 is 6.33. The Labute approximate surface area is 198 Å². The van der Waals surface area contributed by atoms with Crippen LogP contribution < -0.4 is 5.32 Å². The molecule has 0 radical (unpaired) electrons. The summed E-state index contributed by atoms with van der Waals surface area (Å²) in [5.41, 5.74) is 2.40. The third-order valence-corrected chi connectivity index (χ3v) is 5.48. The number of aromatic nitrogens is 5. The molecule has 0 aliphatic carbocycles. The summed E-state index contributed by atoms with van der Waals surface area (Å²) in [6, 6.07) is 5.16. The van der Waals surface area contributed by atoms with E-state index < -0.39 is 18.6 Å². The highest BCUT2D eigenvalue weighted by molar-refractivity contribution is 6.35. The number of aryl methyl sites for hydroxylation is 1. The number of fused-ring (bicyclic) bond motifs is 3. The van der Waals surface area contributed by atoms with E-state index in [2.05, 4.69) is 20.4 Å². The van der Waals surface area contributed by atoms with Gasteiger partial charge in [0.1, 0.15) is 17.6 Å². The molecule has 0 saturated carbocycles. The van der Waals surface area contributed by atoms with E-state index in [-0.39, 0.29) is 22.0 Å². The molecule has 3 heterocycles. The van der Waals surface area contributed by atoms with E-state index in [4.69, 9.17) is 11.6 Å². The van der Waals surface area contributed by atoms with Crippen LogP contribution in [0.4, 0.5) is 13.2 Å². The highest BCUT2D eigenvalue weighted by Crippen LogP contribution is 2.34. The Kier molecular flexibility index (Phi) is 6.50. The molecule has 0 unspecified atom stereocenters. The zero-order chi connectivity index (χ0) is 24.6. The highest BCUT2D eigenvalue weighted by atomic mass is 35.5. The monoisotopic (exact) mass is 493 g/mol. The lowest BCUT2D eigenvalue weighted by Crippen LogP contribution is -2.27. The molecule has 8 nitrogen and oxygen atoms in total. The average molecular weight is 494 g/mol. The van der Waals surface area contributed by atoms with Crippen molar-refractivity contribution in [2.45, 2.75) is 25.7 Å². The van der Waals surface area contributed by atoms with Crippen molar-refractivity contribution in [2.75, 3.05) is 20.6 Å². The summed E-state index contributed by atoms with van der Waals surface area (Å²) in [4.78, 5) is 23.0. The van der Waals surface area contributed by atoms with Gasteiger partial charge in [-0.05, 0) is 43.8 Å². The summed E-state index contributed by atoms with van der Waals surface area (Å²) in [5.74, 6) is -0.762. The van der Waals surface area contributed by atoms with Crippen molar-refractivity contribution >= 4 is 39.4 Å². The van der Waals surface area contributed by atoms with Gasteiger partial charge in [-0.3, -0.25) is 9.48 Å². The molecule has 4 rings (SSSR count). The second-order valence-electron chi connectivity index (χ2n) is 8.35. The summed E-state index contributed by atoms with van der Waals surface area (Å²) in [6.07, 6.45) is -0.389. The lowest BCUT2D eigenvalue weighted by Gasteiger charge is -2.12. The van der Waals surface area contributed by atoms with Gasteiger partial charge >= 0.3 is 6.18 Å². The van der Waals surface area contributed by atoms with E-state index in [1.54, 1.807) is 36.1 Å². The number of hydrogen-bond acceptors (Lipinski definition) is 5. The fraction of sp³-hybridized carbons (Fsp3) is 0.364. The van der Waals surface area contributed by atoms with Crippen LogP contribution in [0.5, 0.6) is 0 Å². The van der Waals surface area contributed by atoms with Crippen LogP contribution in [0.1, 0.15) is 21.7 Å². The number of carbonyl (C=O) groups is 1. The number of amides is 1. The Hall–Kier alpha value is -3.18. The number of halogens is 4. The van der Waals surface area contributed by atoms with Gasteiger partial charge in [-0.15, -0.1) is 0 Å². The fourth-order valence-electron chi connectivity index (χ4n) is 3.89. The normalized spacial score (nSPS) is 12.2. The minimum Gasteiger partial charge on any atom is -0.349 e. The van der Waals surface area contributed by atoms with Crippen molar-refractivity contribution in [3.05, 3.63) is 52.7 Å². The topological polar surface area (TPSA) is 80.9 Å². The summed E-state index contributed by atoms with van der Waals surface area (Å²) in [7, 11) is 5.58. The van der Waals surface area contributed by atoms with Crippen LogP contribution in [0.25, 0.3) is 21.9 Å². The number of carbonyl (C=O) groups excluding carboxylic acids is 1. The van der Waals surface area contributed by atoms with Crippen molar-refractivity contribution in [1.29, 1.82) is 0 Å². The number of benzene rings is 1. The Morgan fingerprint density at radius 2 is 1.97 bits per heavy atom. The van der Waals surface area contributed by atoms with Crippen molar-refractivity contribution in [3.8, 4) is 0 Å². The van der Waals surface area contributed by atoms with Crippen molar-refractivity contribution < 1.29 is 18.0 Å². The molecule has 0 saturated heterocycles. The molecule has 0 bridgehead atoms. The third kappa shape index (κ3) is 5.15. The van der Waals surface area contributed by atoms with Gasteiger partial charge in [-0.2, -0.15) is 18.3 Å². The molecule has 0 spiro atoms. The maximum atomic E-state index is 13.4. The zero-order valence-corrected chi connectivity index (χ0v) is 19.6.